The molecule has 0 radical (unpaired) electrons. The first-order chi connectivity index (χ1) is 10.2. The molecular formula is C15H16IN3O2. The number of benzene rings is 2. The third-order valence-electron chi connectivity index (χ3n) is 3.03. The first-order valence-corrected chi connectivity index (χ1v) is 7.36. The van der Waals surface area contributed by atoms with Crippen LogP contribution in [-0.2, 0) is 6.54 Å². The maximum absolute atomic E-state index is 8.76. The molecule has 0 spiro atoms. The molecule has 0 amide bonds. The molecule has 0 saturated carbocycles. The molecule has 0 fully saturated rings. The molecule has 2 rings (SSSR count). The Morgan fingerprint density at radius 1 is 1.33 bits per heavy atom. The van der Waals surface area contributed by atoms with Gasteiger partial charge in [-0.3, -0.25) is 0 Å². The average molecular weight is 397 g/mol. The summed E-state index contributed by atoms with van der Waals surface area (Å²) < 4.78 is 6.49. The van der Waals surface area contributed by atoms with Gasteiger partial charge in [0, 0.05) is 26.9 Å². The molecular weight excluding hydrogens is 381 g/mol. The topological polar surface area (TPSA) is 79.9 Å². The minimum absolute atomic E-state index is 0.0770. The third kappa shape index (κ3) is 3.78. The SMILES string of the molecule is COc1ccc(/C(N)=N/O)cc1CNc1ccccc1I. The van der Waals surface area contributed by atoms with Gasteiger partial charge < -0.3 is 21.0 Å². The Morgan fingerprint density at radius 2 is 2.10 bits per heavy atom. The maximum Gasteiger partial charge on any atom is 0.170 e. The first-order valence-electron chi connectivity index (χ1n) is 6.29. The highest BCUT2D eigenvalue weighted by atomic mass is 127. The summed E-state index contributed by atoms with van der Waals surface area (Å²) in [5.74, 6) is 0.830. The van der Waals surface area contributed by atoms with Gasteiger partial charge in [-0.15, -0.1) is 0 Å². The van der Waals surface area contributed by atoms with Gasteiger partial charge in [-0.1, -0.05) is 17.3 Å². The van der Waals surface area contributed by atoms with E-state index in [0.29, 0.717) is 12.1 Å². The number of rotatable bonds is 5. The second-order valence-electron chi connectivity index (χ2n) is 4.35. The largest absolute Gasteiger partial charge is 0.496 e. The summed E-state index contributed by atoms with van der Waals surface area (Å²) in [6, 6.07) is 13.4. The predicted octanol–water partition coefficient (Wildman–Crippen LogP) is 3.01. The van der Waals surface area contributed by atoms with E-state index < -0.39 is 0 Å². The summed E-state index contributed by atoms with van der Waals surface area (Å²) in [7, 11) is 1.62. The summed E-state index contributed by atoms with van der Waals surface area (Å²) in [5, 5.41) is 15.1. The summed E-state index contributed by atoms with van der Waals surface area (Å²) in [6.07, 6.45) is 0. The molecule has 6 heteroatoms. The molecule has 0 heterocycles. The van der Waals surface area contributed by atoms with Crippen molar-refractivity contribution in [2.24, 2.45) is 10.9 Å². The molecule has 0 saturated heterocycles. The zero-order valence-corrected chi connectivity index (χ0v) is 13.7. The maximum atomic E-state index is 8.76. The van der Waals surface area contributed by atoms with E-state index in [1.165, 1.54) is 0 Å². The van der Waals surface area contributed by atoms with Crippen molar-refractivity contribution in [3.63, 3.8) is 0 Å². The summed E-state index contributed by atoms with van der Waals surface area (Å²) in [5.41, 5.74) is 8.26. The highest BCUT2D eigenvalue weighted by Gasteiger charge is 2.08. The molecule has 5 nitrogen and oxygen atoms in total. The summed E-state index contributed by atoms with van der Waals surface area (Å²) in [6.45, 7) is 0.579. The van der Waals surface area contributed by atoms with Crippen molar-refractivity contribution in [1.82, 2.24) is 0 Å². The summed E-state index contributed by atoms with van der Waals surface area (Å²) in [4.78, 5) is 0. The van der Waals surface area contributed by atoms with Gasteiger partial charge in [-0.05, 0) is 52.9 Å². The molecule has 110 valence electrons. The van der Waals surface area contributed by atoms with Crippen molar-refractivity contribution in [1.29, 1.82) is 0 Å². The molecule has 0 aliphatic carbocycles. The monoisotopic (exact) mass is 397 g/mol. The molecule has 0 unspecified atom stereocenters. The van der Waals surface area contributed by atoms with Crippen LogP contribution >= 0.6 is 22.6 Å². The number of hydrogen-bond acceptors (Lipinski definition) is 4. The van der Waals surface area contributed by atoms with Crippen molar-refractivity contribution in [2.75, 3.05) is 12.4 Å². The van der Waals surface area contributed by atoms with Gasteiger partial charge in [-0.25, -0.2) is 0 Å². The van der Waals surface area contributed by atoms with Crippen LogP contribution in [0.25, 0.3) is 0 Å². The van der Waals surface area contributed by atoms with Crippen LogP contribution in [0.3, 0.4) is 0 Å². The fraction of sp³-hybridized carbons (Fsp3) is 0.133. The lowest BCUT2D eigenvalue weighted by molar-refractivity contribution is 0.318. The van der Waals surface area contributed by atoms with Crippen molar-refractivity contribution < 1.29 is 9.94 Å². The molecule has 2 aromatic rings. The second kappa shape index (κ2) is 7.16. The molecule has 0 aliphatic rings. The fourth-order valence-electron chi connectivity index (χ4n) is 1.93. The highest BCUT2D eigenvalue weighted by Crippen LogP contribution is 2.23. The lowest BCUT2D eigenvalue weighted by atomic mass is 10.1. The molecule has 0 atom stereocenters. The van der Waals surface area contributed by atoms with Gasteiger partial charge in [0.25, 0.3) is 0 Å². The second-order valence-corrected chi connectivity index (χ2v) is 5.51. The number of halogens is 1. The Hall–Kier alpha value is -1.96. The number of ether oxygens (including phenoxy) is 1. The zero-order valence-electron chi connectivity index (χ0n) is 11.5. The molecule has 0 aliphatic heterocycles. The highest BCUT2D eigenvalue weighted by molar-refractivity contribution is 14.1. The van der Waals surface area contributed by atoms with Crippen LogP contribution in [0.2, 0.25) is 0 Å². The Bertz CT molecular complexity index is 659. The number of nitrogens with two attached hydrogens (primary N) is 1. The van der Waals surface area contributed by atoms with Crippen LogP contribution in [0, 0.1) is 3.57 Å². The number of methoxy groups -OCH3 is 1. The van der Waals surface area contributed by atoms with Crippen molar-refractivity contribution in [3.8, 4) is 5.75 Å². The van der Waals surface area contributed by atoms with E-state index >= 15 is 0 Å². The number of hydrogen-bond donors (Lipinski definition) is 3. The van der Waals surface area contributed by atoms with Crippen molar-refractivity contribution in [2.45, 2.75) is 6.54 Å². The molecule has 0 bridgehead atoms. The lowest BCUT2D eigenvalue weighted by Crippen LogP contribution is -2.14. The van der Waals surface area contributed by atoms with E-state index in [1.54, 1.807) is 19.2 Å². The fourth-order valence-corrected chi connectivity index (χ4v) is 2.51. The van der Waals surface area contributed by atoms with E-state index in [4.69, 9.17) is 15.7 Å². The number of anilines is 1. The third-order valence-corrected chi connectivity index (χ3v) is 3.97. The first kappa shape index (κ1) is 15.4. The normalized spacial score (nSPS) is 11.2. The van der Waals surface area contributed by atoms with E-state index in [-0.39, 0.29) is 5.84 Å². The molecule has 21 heavy (non-hydrogen) atoms. The van der Waals surface area contributed by atoms with Crippen molar-refractivity contribution >= 4 is 34.1 Å². The number of oxime groups is 1. The minimum Gasteiger partial charge on any atom is -0.496 e. The van der Waals surface area contributed by atoms with Crippen LogP contribution in [0.1, 0.15) is 11.1 Å². The number of nitrogens with one attached hydrogen (secondary N) is 1. The standard InChI is InChI=1S/C15H16IN3O2/c1-21-14-7-6-10(15(17)19-20)8-11(14)9-18-13-5-3-2-4-12(13)16/h2-8,18,20H,9H2,1H3,(H2,17,19). The lowest BCUT2D eigenvalue weighted by Gasteiger charge is -2.13. The quantitative estimate of drug-likeness (QED) is 0.238. The van der Waals surface area contributed by atoms with Gasteiger partial charge in [0.05, 0.1) is 7.11 Å². The van der Waals surface area contributed by atoms with Gasteiger partial charge in [0.1, 0.15) is 5.75 Å². The Labute approximate surface area is 136 Å². The van der Waals surface area contributed by atoms with E-state index in [2.05, 4.69) is 33.1 Å². The molecule has 0 aromatic heterocycles. The number of amidine groups is 1. The smallest absolute Gasteiger partial charge is 0.170 e. The van der Waals surface area contributed by atoms with Crippen LogP contribution < -0.4 is 15.8 Å². The molecule has 4 N–H and O–H groups in total. The number of nitrogens with zero attached hydrogens (tertiary/aromatic N) is 1. The minimum atomic E-state index is 0.0770. The van der Waals surface area contributed by atoms with Gasteiger partial charge in [-0.2, -0.15) is 0 Å². The summed E-state index contributed by atoms with van der Waals surface area (Å²) >= 11 is 2.28. The van der Waals surface area contributed by atoms with Crippen LogP contribution in [-0.4, -0.2) is 18.2 Å². The van der Waals surface area contributed by atoms with Crippen LogP contribution in [0.15, 0.2) is 47.6 Å². The van der Waals surface area contributed by atoms with Crippen LogP contribution in [0.4, 0.5) is 5.69 Å². The van der Waals surface area contributed by atoms with Crippen molar-refractivity contribution in [3.05, 3.63) is 57.2 Å². The Morgan fingerprint density at radius 3 is 2.76 bits per heavy atom. The van der Waals surface area contributed by atoms with E-state index in [0.717, 1.165) is 20.6 Å². The van der Waals surface area contributed by atoms with Crippen LogP contribution in [0.5, 0.6) is 5.75 Å². The average Bonchev–Trinajstić information content (AvgIpc) is 2.53. The van der Waals surface area contributed by atoms with Gasteiger partial charge in [0.15, 0.2) is 5.84 Å². The zero-order chi connectivity index (χ0) is 15.2. The van der Waals surface area contributed by atoms with Gasteiger partial charge in [0.2, 0.25) is 0 Å². The number of para-hydroxylation sites is 1. The Kier molecular flexibility index (Phi) is 5.26. The van der Waals surface area contributed by atoms with E-state index in [9.17, 15) is 0 Å². The molecule has 2 aromatic carbocycles. The predicted molar refractivity (Wildman–Crippen MR) is 92.0 cm³/mol. The Balaban J connectivity index is 2.24. The van der Waals surface area contributed by atoms with Gasteiger partial charge >= 0.3 is 0 Å². The van der Waals surface area contributed by atoms with E-state index in [1.807, 2.05) is 30.3 Å².